The van der Waals surface area contributed by atoms with E-state index >= 15 is 0 Å². The van der Waals surface area contributed by atoms with Crippen LogP contribution in [0.3, 0.4) is 0 Å². The van der Waals surface area contributed by atoms with Gasteiger partial charge in [-0.25, -0.2) is 8.42 Å². The number of piperazine rings is 1. The number of halogens is 3. The van der Waals surface area contributed by atoms with Crippen LogP contribution in [0.5, 0.6) is 5.75 Å². The summed E-state index contributed by atoms with van der Waals surface area (Å²) in [4.78, 5) is 2.19. The van der Waals surface area contributed by atoms with E-state index in [4.69, 9.17) is 0 Å². The molecule has 0 atom stereocenters. The van der Waals surface area contributed by atoms with E-state index in [9.17, 15) is 17.2 Å². The van der Waals surface area contributed by atoms with Crippen LogP contribution in [-0.2, 0) is 10.0 Å². The van der Waals surface area contributed by atoms with E-state index in [2.05, 4.69) is 19.7 Å². The number of nitrogens with one attached hydrogen (secondary N) is 2. The summed E-state index contributed by atoms with van der Waals surface area (Å²) in [5.41, 5.74) is 1.77. The van der Waals surface area contributed by atoms with Crippen molar-refractivity contribution in [1.29, 1.82) is 0 Å². The Balaban J connectivity index is 0.00000280. The molecule has 2 N–H and O–H groups in total. The van der Waals surface area contributed by atoms with Crippen molar-refractivity contribution >= 4 is 33.8 Å². The van der Waals surface area contributed by atoms with Crippen LogP contribution >= 0.6 is 12.4 Å². The van der Waals surface area contributed by atoms with Gasteiger partial charge in [-0.05, 0) is 36.8 Å². The highest BCUT2D eigenvalue weighted by molar-refractivity contribution is 7.92. The van der Waals surface area contributed by atoms with Gasteiger partial charge in [0, 0.05) is 31.9 Å². The quantitative estimate of drug-likeness (QED) is 0.732. The molecule has 0 aliphatic carbocycles. The molecule has 0 radical (unpaired) electrons. The molecule has 0 amide bonds. The van der Waals surface area contributed by atoms with E-state index < -0.39 is 16.6 Å². The molecule has 2 aromatic carbocycles. The van der Waals surface area contributed by atoms with Gasteiger partial charge >= 0.3 is 6.61 Å². The largest absolute Gasteiger partial charge is 0.433 e. The fourth-order valence-corrected chi connectivity index (χ4v) is 4.05. The molecule has 1 saturated heterocycles. The fourth-order valence-electron chi connectivity index (χ4n) is 2.96. The van der Waals surface area contributed by atoms with E-state index in [1.165, 1.54) is 30.3 Å². The Morgan fingerprint density at radius 2 is 1.82 bits per heavy atom. The maximum Gasteiger partial charge on any atom is 0.387 e. The minimum absolute atomic E-state index is 0. The van der Waals surface area contributed by atoms with Gasteiger partial charge in [0.05, 0.1) is 10.6 Å². The second-order valence-electron chi connectivity index (χ2n) is 6.17. The number of hydrogen-bond donors (Lipinski definition) is 2. The number of aryl methyl sites for hydroxylation is 1. The molecule has 0 unspecified atom stereocenters. The zero-order valence-corrected chi connectivity index (χ0v) is 16.8. The zero-order valence-electron chi connectivity index (χ0n) is 15.2. The lowest BCUT2D eigenvalue weighted by atomic mass is 10.1. The first-order valence-corrected chi connectivity index (χ1v) is 9.98. The topological polar surface area (TPSA) is 70.7 Å². The first-order valence-electron chi connectivity index (χ1n) is 8.50. The number of rotatable bonds is 6. The summed E-state index contributed by atoms with van der Waals surface area (Å²) in [6, 6.07) is 10.5. The molecule has 1 fully saturated rings. The van der Waals surface area contributed by atoms with Crippen molar-refractivity contribution in [1.82, 2.24) is 5.32 Å². The summed E-state index contributed by atoms with van der Waals surface area (Å²) < 4.78 is 57.4. The van der Waals surface area contributed by atoms with E-state index in [1.807, 2.05) is 6.92 Å². The second-order valence-corrected chi connectivity index (χ2v) is 7.85. The van der Waals surface area contributed by atoms with Crippen LogP contribution in [0.1, 0.15) is 5.56 Å². The van der Waals surface area contributed by atoms with Crippen molar-refractivity contribution in [3.63, 3.8) is 0 Å². The number of sulfonamides is 1. The van der Waals surface area contributed by atoms with E-state index in [-0.39, 0.29) is 28.7 Å². The van der Waals surface area contributed by atoms with Crippen molar-refractivity contribution in [2.45, 2.75) is 18.4 Å². The third-order valence-electron chi connectivity index (χ3n) is 4.30. The minimum Gasteiger partial charge on any atom is -0.433 e. The maximum atomic E-state index is 12.8. The van der Waals surface area contributed by atoms with Crippen LogP contribution in [0.15, 0.2) is 47.4 Å². The van der Waals surface area contributed by atoms with E-state index in [1.54, 1.807) is 12.1 Å². The van der Waals surface area contributed by atoms with Gasteiger partial charge in [0.15, 0.2) is 0 Å². The molecule has 1 heterocycles. The molecule has 2 aromatic rings. The summed E-state index contributed by atoms with van der Waals surface area (Å²) in [6.45, 7) is 2.09. The second kappa shape index (κ2) is 9.40. The van der Waals surface area contributed by atoms with Crippen molar-refractivity contribution in [3.05, 3.63) is 48.0 Å². The molecule has 1 aliphatic heterocycles. The van der Waals surface area contributed by atoms with Crippen LogP contribution < -0.4 is 19.7 Å². The standard InChI is InChI=1S/C18H21F2N3O3S.ClH/c1-13-6-7-14(12-16(13)23-10-8-21-9-11-23)27(24,25)22-15-4-2-3-5-17(15)26-18(19)20;/h2-7,12,18,21-22H,8-11H2,1H3;1H. The Morgan fingerprint density at radius 1 is 1.14 bits per heavy atom. The number of para-hydroxylation sites is 2. The van der Waals surface area contributed by atoms with Crippen molar-refractivity contribution in [2.24, 2.45) is 0 Å². The van der Waals surface area contributed by atoms with Gasteiger partial charge < -0.3 is 15.0 Å². The number of hydrogen-bond acceptors (Lipinski definition) is 5. The summed E-state index contributed by atoms with van der Waals surface area (Å²) in [5.74, 6) is -0.231. The summed E-state index contributed by atoms with van der Waals surface area (Å²) in [6.07, 6.45) is 0. The van der Waals surface area contributed by atoms with E-state index in [0.29, 0.717) is 0 Å². The molecule has 0 bridgehead atoms. The average Bonchev–Trinajstić information content (AvgIpc) is 2.64. The zero-order chi connectivity index (χ0) is 19.4. The van der Waals surface area contributed by atoms with Gasteiger partial charge in [-0.15, -0.1) is 12.4 Å². The van der Waals surface area contributed by atoms with Crippen molar-refractivity contribution < 1.29 is 21.9 Å². The summed E-state index contributed by atoms with van der Waals surface area (Å²) in [7, 11) is -3.97. The lowest BCUT2D eigenvalue weighted by Gasteiger charge is -2.31. The highest BCUT2D eigenvalue weighted by Crippen LogP contribution is 2.30. The molecule has 28 heavy (non-hydrogen) atoms. The van der Waals surface area contributed by atoms with Gasteiger partial charge in [-0.2, -0.15) is 8.78 Å². The van der Waals surface area contributed by atoms with Crippen LogP contribution in [-0.4, -0.2) is 41.2 Å². The van der Waals surface area contributed by atoms with Gasteiger partial charge in [0.1, 0.15) is 5.75 Å². The molecule has 0 aromatic heterocycles. The number of nitrogens with zero attached hydrogens (tertiary/aromatic N) is 1. The Kier molecular flexibility index (Phi) is 7.45. The highest BCUT2D eigenvalue weighted by Gasteiger charge is 2.21. The predicted molar refractivity (Wildman–Crippen MR) is 107 cm³/mol. The first kappa shape index (κ1) is 22.2. The van der Waals surface area contributed by atoms with E-state index in [0.717, 1.165) is 37.4 Å². The molecule has 6 nitrogen and oxygen atoms in total. The lowest BCUT2D eigenvalue weighted by molar-refractivity contribution is -0.0493. The molecule has 10 heteroatoms. The van der Waals surface area contributed by atoms with Crippen molar-refractivity contribution in [3.8, 4) is 5.75 Å². The molecular formula is C18H22ClF2N3O3S. The third kappa shape index (κ3) is 5.24. The van der Waals surface area contributed by atoms with Crippen LogP contribution in [0.4, 0.5) is 20.2 Å². The van der Waals surface area contributed by atoms with Crippen molar-refractivity contribution in [2.75, 3.05) is 35.8 Å². The number of ether oxygens (including phenoxy) is 1. The van der Waals surface area contributed by atoms with Gasteiger partial charge in [0.25, 0.3) is 10.0 Å². The Bertz CT molecular complexity index is 907. The summed E-state index contributed by atoms with van der Waals surface area (Å²) in [5, 5.41) is 3.26. The Morgan fingerprint density at radius 3 is 2.50 bits per heavy atom. The molecule has 0 spiro atoms. The molecule has 1 aliphatic rings. The van der Waals surface area contributed by atoms with Crippen LogP contribution in [0.25, 0.3) is 0 Å². The molecule has 0 saturated carbocycles. The third-order valence-corrected chi connectivity index (χ3v) is 5.66. The predicted octanol–water partition coefficient (Wildman–Crippen LogP) is 3.23. The Hall–Kier alpha value is -2.10. The van der Waals surface area contributed by atoms with Crippen LogP contribution in [0.2, 0.25) is 0 Å². The highest BCUT2D eigenvalue weighted by atomic mass is 35.5. The monoisotopic (exact) mass is 433 g/mol. The van der Waals surface area contributed by atoms with Crippen LogP contribution in [0, 0.1) is 6.92 Å². The first-order chi connectivity index (χ1) is 12.9. The molecule has 3 rings (SSSR count). The molecular weight excluding hydrogens is 412 g/mol. The SMILES string of the molecule is Cc1ccc(S(=O)(=O)Nc2ccccc2OC(F)F)cc1N1CCNCC1.Cl. The number of anilines is 2. The van der Waals surface area contributed by atoms with Gasteiger partial charge in [-0.1, -0.05) is 18.2 Å². The number of alkyl halides is 2. The van der Waals surface area contributed by atoms with Gasteiger partial charge in [-0.3, -0.25) is 4.72 Å². The normalized spacial score (nSPS) is 14.5. The smallest absolute Gasteiger partial charge is 0.387 e. The summed E-state index contributed by atoms with van der Waals surface area (Å²) >= 11 is 0. The minimum atomic E-state index is -3.97. The maximum absolute atomic E-state index is 12.8. The van der Waals surface area contributed by atoms with Gasteiger partial charge in [0.2, 0.25) is 0 Å². The number of benzene rings is 2. The lowest BCUT2D eigenvalue weighted by Crippen LogP contribution is -2.43. The Labute approximate surface area is 169 Å². The molecule has 154 valence electrons. The fraction of sp³-hybridized carbons (Fsp3) is 0.333. The average molecular weight is 434 g/mol.